The minimum Gasteiger partial charge on any atom is -0.307 e. The lowest BCUT2D eigenvalue weighted by molar-refractivity contribution is -0.123. The fourth-order valence-electron chi connectivity index (χ4n) is 2.68. The fraction of sp³-hybridized carbons (Fsp3) is 0.429. The zero-order chi connectivity index (χ0) is 12.5. The molecule has 3 rings (SSSR count). The molecule has 1 fully saturated rings. The molecule has 0 N–H and O–H groups in total. The van der Waals surface area contributed by atoms with Crippen molar-refractivity contribution < 1.29 is 4.79 Å². The molecule has 4 heteroatoms. The largest absolute Gasteiger partial charge is 0.307 e. The van der Waals surface area contributed by atoms with Crippen molar-refractivity contribution in [3.05, 3.63) is 34.1 Å². The third-order valence-electron chi connectivity index (χ3n) is 3.73. The molecule has 3 nitrogen and oxygen atoms in total. The van der Waals surface area contributed by atoms with Crippen molar-refractivity contribution in [3.63, 3.8) is 0 Å². The maximum atomic E-state index is 12.2. The van der Waals surface area contributed by atoms with Crippen molar-refractivity contribution in [1.29, 1.82) is 0 Å². The summed E-state index contributed by atoms with van der Waals surface area (Å²) in [5.74, 6) is 0.388. The van der Waals surface area contributed by atoms with Gasteiger partial charge in [0, 0.05) is 16.8 Å². The lowest BCUT2D eigenvalue weighted by Gasteiger charge is -2.09. The topological polar surface area (TPSA) is 39.1 Å². The summed E-state index contributed by atoms with van der Waals surface area (Å²) in [7, 11) is 0. The molecule has 0 aromatic carbocycles. The summed E-state index contributed by atoms with van der Waals surface area (Å²) in [6.45, 7) is 0.231. The monoisotopic (exact) mass is 261 g/mol. The van der Waals surface area contributed by atoms with Crippen molar-refractivity contribution in [1.82, 2.24) is 4.57 Å². The van der Waals surface area contributed by atoms with E-state index in [-0.39, 0.29) is 23.8 Å². The summed E-state index contributed by atoms with van der Waals surface area (Å²) < 4.78 is 2.54. The molecule has 2 aromatic rings. The van der Waals surface area contributed by atoms with E-state index in [4.69, 9.17) is 0 Å². The average Bonchev–Trinajstić information content (AvgIpc) is 3.02. The Morgan fingerprint density at radius 2 is 2.11 bits per heavy atom. The summed E-state index contributed by atoms with van der Waals surface area (Å²) in [5.41, 5.74) is -0.0416. The number of hydrogen-bond acceptors (Lipinski definition) is 3. The molecule has 0 atom stereocenters. The Hall–Kier alpha value is -1.42. The SMILES string of the molecule is O=C(Cn1ccc2sccc2c1=O)C1CCCC1. The summed E-state index contributed by atoms with van der Waals surface area (Å²) in [6.07, 6.45) is 6.03. The molecular formula is C14H15NO2S. The van der Waals surface area contributed by atoms with Gasteiger partial charge in [-0.25, -0.2) is 0 Å². The van der Waals surface area contributed by atoms with Crippen molar-refractivity contribution in [2.24, 2.45) is 5.92 Å². The van der Waals surface area contributed by atoms with Crippen LogP contribution in [-0.2, 0) is 11.3 Å². The highest BCUT2D eigenvalue weighted by Gasteiger charge is 2.22. The second-order valence-electron chi connectivity index (χ2n) is 4.90. The normalized spacial score (nSPS) is 16.4. The first kappa shape index (κ1) is 11.7. The number of carbonyl (C=O) groups is 1. The van der Waals surface area contributed by atoms with Gasteiger partial charge in [-0.15, -0.1) is 11.3 Å². The summed E-state index contributed by atoms with van der Waals surface area (Å²) in [6, 6.07) is 3.75. The molecular weight excluding hydrogens is 246 g/mol. The van der Waals surface area contributed by atoms with E-state index in [0.29, 0.717) is 0 Å². The lowest BCUT2D eigenvalue weighted by Crippen LogP contribution is -2.26. The maximum Gasteiger partial charge on any atom is 0.259 e. The molecule has 1 aliphatic rings. The average molecular weight is 261 g/mol. The zero-order valence-corrected chi connectivity index (χ0v) is 10.9. The third-order valence-corrected chi connectivity index (χ3v) is 4.61. The first-order valence-electron chi connectivity index (χ1n) is 6.35. The second-order valence-corrected chi connectivity index (χ2v) is 5.84. The summed E-state index contributed by atoms with van der Waals surface area (Å²) in [4.78, 5) is 24.2. The van der Waals surface area contributed by atoms with Crippen LogP contribution >= 0.6 is 11.3 Å². The zero-order valence-electron chi connectivity index (χ0n) is 10.1. The Balaban J connectivity index is 1.88. The Morgan fingerprint density at radius 3 is 2.89 bits per heavy atom. The van der Waals surface area contributed by atoms with Gasteiger partial charge in [-0.3, -0.25) is 9.59 Å². The number of carbonyl (C=O) groups excluding carboxylic acids is 1. The molecule has 1 aliphatic carbocycles. The second kappa shape index (κ2) is 4.69. The van der Waals surface area contributed by atoms with Gasteiger partial charge < -0.3 is 4.57 Å². The van der Waals surface area contributed by atoms with Gasteiger partial charge in [0.1, 0.15) is 0 Å². The van der Waals surface area contributed by atoms with Crippen LogP contribution in [0.4, 0.5) is 0 Å². The number of aromatic nitrogens is 1. The molecule has 94 valence electrons. The Morgan fingerprint density at radius 1 is 1.33 bits per heavy atom. The van der Waals surface area contributed by atoms with Gasteiger partial charge in [0.2, 0.25) is 0 Å². The minimum atomic E-state index is -0.0416. The van der Waals surface area contributed by atoms with Gasteiger partial charge in [0.15, 0.2) is 5.78 Å². The first-order valence-corrected chi connectivity index (χ1v) is 7.23. The smallest absolute Gasteiger partial charge is 0.259 e. The van der Waals surface area contributed by atoms with Crippen molar-refractivity contribution in [3.8, 4) is 0 Å². The number of fused-ring (bicyclic) bond motifs is 1. The van der Waals surface area contributed by atoms with Gasteiger partial charge in [-0.05, 0) is 30.4 Å². The van der Waals surface area contributed by atoms with Crippen LogP contribution in [0.3, 0.4) is 0 Å². The third kappa shape index (κ3) is 2.01. The first-order chi connectivity index (χ1) is 8.75. The van der Waals surface area contributed by atoms with Gasteiger partial charge in [-0.1, -0.05) is 12.8 Å². The number of Topliss-reactive ketones (excluding diaryl/α,β-unsaturated/α-hetero) is 1. The van der Waals surface area contributed by atoms with E-state index < -0.39 is 0 Å². The predicted octanol–water partition coefficient (Wildman–Crippen LogP) is 2.82. The molecule has 0 aliphatic heterocycles. The molecule has 0 bridgehead atoms. The highest BCUT2D eigenvalue weighted by atomic mass is 32.1. The van der Waals surface area contributed by atoms with Gasteiger partial charge in [0.05, 0.1) is 11.9 Å². The van der Waals surface area contributed by atoms with Crippen molar-refractivity contribution in [2.75, 3.05) is 0 Å². The Bertz CT molecular complexity index is 635. The number of hydrogen-bond donors (Lipinski definition) is 0. The molecule has 0 amide bonds. The van der Waals surface area contributed by atoms with E-state index in [2.05, 4.69) is 0 Å². The summed E-state index contributed by atoms with van der Waals surface area (Å²) in [5, 5.41) is 2.64. The van der Waals surface area contributed by atoms with Crippen LogP contribution in [0.15, 0.2) is 28.5 Å². The highest BCUT2D eigenvalue weighted by Crippen LogP contribution is 2.25. The van der Waals surface area contributed by atoms with E-state index in [1.807, 2.05) is 17.5 Å². The Kier molecular flexibility index (Phi) is 3.04. The van der Waals surface area contributed by atoms with Crippen LogP contribution in [0, 0.1) is 5.92 Å². The van der Waals surface area contributed by atoms with E-state index in [1.165, 1.54) is 0 Å². The maximum absolute atomic E-state index is 12.2. The fourth-order valence-corrected chi connectivity index (χ4v) is 3.45. The number of rotatable bonds is 3. The van der Waals surface area contributed by atoms with Crippen LogP contribution in [0.1, 0.15) is 25.7 Å². The van der Waals surface area contributed by atoms with Crippen LogP contribution in [0.2, 0.25) is 0 Å². The molecule has 0 saturated heterocycles. The minimum absolute atomic E-state index is 0.0416. The summed E-state index contributed by atoms with van der Waals surface area (Å²) >= 11 is 1.56. The molecule has 0 unspecified atom stereocenters. The van der Waals surface area contributed by atoms with E-state index in [9.17, 15) is 9.59 Å². The lowest BCUT2D eigenvalue weighted by atomic mass is 10.0. The molecule has 0 spiro atoms. The van der Waals surface area contributed by atoms with E-state index in [1.54, 1.807) is 22.1 Å². The molecule has 2 heterocycles. The molecule has 18 heavy (non-hydrogen) atoms. The van der Waals surface area contributed by atoms with Crippen LogP contribution < -0.4 is 5.56 Å². The standard InChI is InChI=1S/C14H15NO2S/c16-12(10-3-1-2-4-10)9-15-7-5-13-11(14(15)17)6-8-18-13/h5-8,10H,1-4,9H2. The number of pyridine rings is 1. The van der Waals surface area contributed by atoms with Crippen LogP contribution in [0.25, 0.3) is 10.1 Å². The van der Waals surface area contributed by atoms with Crippen LogP contribution in [0.5, 0.6) is 0 Å². The van der Waals surface area contributed by atoms with E-state index >= 15 is 0 Å². The van der Waals surface area contributed by atoms with Crippen molar-refractivity contribution in [2.45, 2.75) is 32.2 Å². The Labute approximate surface area is 109 Å². The number of thiophene rings is 1. The number of ketones is 1. The molecule has 0 radical (unpaired) electrons. The predicted molar refractivity (Wildman–Crippen MR) is 73.1 cm³/mol. The van der Waals surface area contributed by atoms with Crippen LogP contribution in [-0.4, -0.2) is 10.4 Å². The van der Waals surface area contributed by atoms with Crippen molar-refractivity contribution >= 4 is 27.2 Å². The van der Waals surface area contributed by atoms with E-state index in [0.717, 1.165) is 35.8 Å². The molecule has 1 saturated carbocycles. The van der Waals surface area contributed by atoms with Gasteiger partial charge in [0.25, 0.3) is 5.56 Å². The number of nitrogens with zero attached hydrogens (tertiary/aromatic N) is 1. The van der Waals surface area contributed by atoms with Gasteiger partial charge >= 0.3 is 0 Å². The highest BCUT2D eigenvalue weighted by molar-refractivity contribution is 7.17. The van der Waals surface area contributed by atoms with Gasteiger partial charge in [-0.2, -0.15) is 0 Å². The quantitative estimate of drug-likeness (QED) is 0.852. The molecule has 2 aromatic heterocycles.